The fourth-order valence-corrected chi connectivity index (χ4v) is 2.41. The van der Waals surface area contributed by atoms with Crippen LogP contribution in [0.25, 0.3) is 10.9 Å². The molecule has 114 valence electrons. The predicted octanol–water partition coefficient (Wildman–Crippen LogP) is 2.94. The van der Waals surface area contributed by atoms with E-state index in [4.69, 9.17) is 20.9 Å². The van der Waals surface area contributed by atoms with Crippen molar-refractivity contribution in [1.82, 2.24) is 15.5 Å². The van der Waals surface area contributed by atoms with E-state index in [9.17, 15) is 4.79 Å². The topological polar surface area (TPSA) is 80.1 Å². The van der Waals surface area contributed by atoms with Crippen LogP contribution in [0, 0.1) is 6.92 Å². The second kappa shape index (κ2) is 6.11. The van der Waals surface area contributed by atoms with Gasteiger partial charge in [0.05, 0.1) is 17.3 Å². The second-order valence-electron chi connectivity index (χ2n) is 4.89. The lowest BCUT2D eigenvalue weighted by Gasteiger charge is -2.06. The van der Waals surface area contributed by atoms with Gasteiger partial charge in [0, 0.05) is 28.7 Å². The van der Waals surface area contributed by atoms with Gasteiger partial charge >= 0.3 is 0 Å². The van der Waals surface area contributed by atoms with Gasteiger partial charge in [-0.3, -0.25) is 4.79 Å². The average Bonchev–Trinajstić information content (AvgIpc) is 3.08. The first kappa shape index (κ1) is 14.5. The number of rotatable bonds is 6. The fourth-order valence-electron chi connectivity index (χ4n) is 2.18. The predicted molar refractivity (Wildman–Crippen MR) is 81.8 cm³/mol. The van der Waals surface area contributed by atoms with Crippen LogP contribution in [-0.4, -0.2) is 16.6 Å². The van der Waals surface area contributed by atoms with Gasteiger partial charge in [-0.15, -0.1) is 0 Å². The lowest BCUT2D eigenvalue weighted by molar-refractivity contribution is -0.109. The molecule has 2 N–H and O–H groups in total. The molecule has 0 spiro atoms. The fraction of sp³-hybridized carbons (Fsp3) is 0.200. The van der Waals surface area contributed by atoms with Crippen LogP contribution in [0.4, 0.5) is 0 Å². The molecule has 1 aromatic carbocycles. The molecule has 2 heterocycles. The Bertz CT molecular complexity index is 810. The number of aromatic nitrogens is 2. The van der Waals surface area contributed by atoms with E-state index < -0.39 is 0 Å². The summed E-state index contributed by atoms with van der Waals surface area (Å²) in [6.07, 6.45) is 0.659. The number of carbonyl (C=O) groups is 1. The van der Waals surface area contributed by atoms with E-state index in [1.807, 2.05) is 31.2 Å². The van der Waals surface area contributed by atoms with Gasteiger partial charge in [-0.05, 0) is 19.1 Å². The zero-order valence-electron chi connectivity index (χ0n) is 11.9. The minimum absolute atomic E-state index is 0.256. The highest BCUT2D eigenvalue weighted by molar-refractivity contribution is 6.32. The Morgan fingerprint density at radius 1 is 1.41 bits per heavy atom. The molecule has 3 aromatic rings. The molecule has 1 amide bonds. The van der Waals surface area contributed by atoms with Crippen molar-refractivity contribution in [3.8, 4) is 5.75 Å². The normalized spacial score (nSPS) is 10.8. The quantitative estimate of drug-likeness (QED) is 0.685. The molecule has 0 fully saturated rings. The number of ether oxygens (including phenoxy) is 1. The van der Waals surface area contributed by atoms with Crippen LogP contribution >= 0.6 is 11.6 Å². The molecule has 0 saturated carbocycles. The summed E-state index contributed by atoms with van der Waals surface area (Å²) in [5, 5.41) is 7.88. The number of carbonyl (C=O) groups excluding carboxylic acids is 1. The first-order valence-electron chi connectivity index (χ1n) is 6.69. The summed E-state index contributed by atoms with van der Waals surface area (Å²) in [4.78, 5) is 13.5. The molecule has 0 aliphatic heterocycles. The van der Waals surface area contributed by atoms with Gasteiger partial charge in [0.15, 0.2) is 5.76 Å². The van der Waals surface area contributed by atoms with Crippen LogP contribution in [0.5, 0.6) is 5.75 Å². The van der Waals surface area contributed by atoms with E-state index in [1.54, 1.807) is 0 Å². The van der Waals surface area contributed by atoms with Crippen molar-refractivity contribution in [2.24, 2.45) is 0 Å². The van der Waals surface area contributed by atoms with E-state index in [1.165, 1.54) is 0 Å². The maximum Gasteiger partial charge on any atom is 0.207 e. The molecule has 3 rings (SSSR count). The number of fused-ring (bicyclic) bond motifs is 1. The Morgan fingerprint density at radius 2 is 2.27 bits per heavy atom. The Morgan fingerprint density at radius 3 is 3.00 bits per heavy atom. The van der Waals surface area contributed by atoms with E-state index in [0.29, 0.717) is 29.5 Å². The molecule has 6 nitrogen and oxygen atoms in total. The number of nitrogens with zero attached hydrogens (tertiary/aromatic N) is 1. The van der Waals surface area contributed by atoms with E-state index in [-0.39, 0.29) is 6.61 Å². The standard InChI is InChI=1S/C15H14ClN3O3/c1-9-2-12(22-19-9)7-21-15-5-14-10(4-13(15)16)3-11(18-14)6-17-8-20/h2-5,8,18H,6-7H2,1H3,(H,17,20). The summed E-state index contributed by atoms with van der Waals surface area (Å²) in [6, 6.07) is 7.38. The third kappa shape index (κ3) is 3.07. The molecular weight excluding hydrogens is 306 g/mol. The number of nitrogens with one attached hydrogen (secondary N) is 2. The van der Waals surface area contributed by atoms with E-state index in [0.717, 1.165) is 22.3 Å². The van der Waals surface area contributed by atoms with Crippen LogP contribution in [-0.2, 0) is 17.9 Å². The van der Waals surface area contributed by atoms with E-state index in [2.05, 4.69) is 15.5 Å². The molecule has 0 bridgehead atoms. The highest BCUT2D eigenvalue weighted by atomic mass is 35.5. The third-order valence-corrected chi connectivity index (χ3v) is 3.45. The second-order valence-corrected chi connectivity index (χ2v) is 5.29. The maximum absolute atomic E-state index is 10.3. The zero-order chi connectivity index (χ0) is 15.5. The zero-order valence-corrected chi connectivity index (χ0v) is 12.6. The molecular formula is C15H14ClN3O3. The van der Waals surface area contributed by atoms with Gasteiger partial charge in [-0.1, -0.05) is 16.8 Å². The first-order valence-corrected chi connectivity index (χ1v) is 7.06. The summed E-state index contributed by atoms with van der Waals surface area (Å²) in [6.45, 7) is 2.54. The van der Waals surface area contributed by atoms with Crippen molar-refractivity contribution in [2.45, 2.75) is 20.1 Å². The van der Waals surface area contributed by atoms with Crippen molar-refractivity contribution < 1.29 is 14.1 Å². The SMILES string of the molecule is Cc1cc(COc2cc3[nH]c(CNC=O)cc3cc2Cl)on1. The lowest BCUT2D eigenvalue weighted by Crippen LogP contribution is -2.09. The molecule has 0 aliphatic carbocycles. The lowest BCUT2D eigenvalue weighted by atomic mass is 10.2. The van der Waals surface area contributed by atoms with Gasteiger partial charge in [0.2, 0.25) is 6.41 Å². The van der Waals surface area contributed by atoms with Crippen molar-refractivity contribution in [3.05, 3.63) is 46.4 Å². The minimum atomic E-state index is 0.256. The Hall–Kier alpha value is -2.47. The molecule has 0 aliphatic rings. The molecule has 0 radical (unpaired) electrons. The van der Waals surface area contributed by atoms with Gasteiger partial charge < -0.3 is 19.6 Å². The summed E-state index contributed by atoms with van der Waals surface area (Å²) in [5.41, 5.74) is 2.58. The van der Waals surface area contributed by atoms with Crippen molar-refractivity contribution in [3.63, 3.8) is 0 Å². The number of aryl methyl sites for hydroxylation is 1. The van der Waals surface area contributed by atoms with Gasteiger partial charge in [0.25, 0.3) is 0 Å². The van der Waals surface area contributed by atoms with Gasteiger partial charge in [-0.2, -0.15) is 0 Å². The number of hydrogen-bond donors (Lipinski definition) is 2. The third-order valence-electron chi connectivity index (χ3n) is 3.15. The largest absolute Gasteiger partial charge is 0.484 e. The molecule has 0 saturated heterocycles. The maximum atomic E-state index is 10.3. The smallest absolute Gasteiger partial charge is 0.207 e. The molecule has 0 atom stereocenters. The number of hydrogen-bond acceptors (Lipinski definition) is 4. The minimum Gasteiger partial charge on any atom is -0.484 e. The highest BCUT2D eigenvalue weighted by Crippen LogP contribution is 2.31. The first-order chi connectivity index (χ1) is 10.7. The average molecular weight is 320 g/mol. The number of amides is 1. The highest BCUT2D eigenvalue weighted by Gasteiger charge is 2.09. The van der Waals surface area contributed by atoms with Crippen molar-refractivity contribution in [2.75, 3.05) is 0 Å². The Labute approximate surface area is 131 Å². The molecule has 0 unspecified atom stereocenters. The van der Waals surface area contributed by atoms with Crippen LogP contribution in [0.1, 0.15) is 17.1 Å². The van der Waals surface area contributed by atoms with Gasteiger partial charge in [-0.25, -0.2) is 0 Å². The van der Waals surface area contributed by atoms with Crippen LogP contribution < -0.4 is 10.1 Å². The van der Waals surface area contributed by atoms with Crippen LogP contribution in [0.15, 0.2) is 28.8 Å². The van der Waals surface area contributed by atoms with Crippen LogP contribution in [0.2, 0.25) is 5.02 Å². The van der Waals surface area contributed by atoms with E-state index >= 15 is 0 Å². The molecule has 2 aromatic heterocycles. The van der Waals surface area contributed by atoms with Crippen LogP contribution in [0.3, 0.4) is 0 Å². The summed E-state index contributed by atoms with van der Waals surface area (Å²) < 4.78 is 10.8. The molecule has 7 heteroatoms. The summed E-state index contributed by atoms with van der Waals surface area (Å²) in [5.74, 6) is 1.19. The summed E-state index contributed by atoms with van der Waals surface area (Å²) in [7, 11) is 0. The number of H-pyrrole nitrogens is 1. The Kier molecular flexibility index (Phi) is 4.02. The monoisotopic (exact) mass is 319 g/mol. The Balaban J connectivity index is 1.80. The van der Waals surface area contributed by atoms with Gasteiger partial charge in [0.1, 0.15) is 12.4 Å². The molecule has 22 heavy (non-hydrogen) atoms. The number of benzene rings is 1. The van der Waals surface area contributed by atoms with Crippen molar-refractivity contribution in [1.29, 1.82) is 0 Å². The summed E-state index contributed by atoms with van der Waals surface area (Å²) >= 11 is 6.23. The van der Waals surface area contributed by atoms with Crippen molar-refractivity contribution >= 4 is 28.9 Å². The number of halogens is 1. The number of aromatic amines is 1.